The summed E-state index contributed by atoms with van der Waals surface area (Å²) in [6.45, 7) is 0. The molecular formula is C19H18FN3O2. The molecule has 1 aliphatic rings. The quantitative estimate of drug-likeness (QED) is 0.664. The van der Waals surface area contributed by atoms with Gasteiger partial charge in [-0.25, -0.2) is 4.39 Å². The van der Waals surface area contributed by atoms with Gasteiger partial charge in [0.15, 0.2) is 17.5 Å². The maximum atomic E-state index is 14.1. The van der Waals surface area contributed by atoms with Crippen LogP contribution in [-0.4, -0.2) is 19.0 Å². The van der Waals surface area contributed by atoms with Crippen LogP contribution in [0.2, 0.25) is 0 Å². The first-order valence-electron chi connectivity index (χ1n) is 7.81. The third-order valence-electron chi connectivity index (χ3n) is 4.10. The second kappa shape index (κ2) is 6.76. The Hall–Kier alpha value is -3.15. The van der Waals surface area contributed by atoms with Gasteiger partial charge in [-0.05, 0) is 47.7 Å². The first-order valence-corrected chi connectivity index (χ1v) is 7.81. The topological polar surface area (TPSA) is 90.7 Å². The number of nitrogens with zero attached hydrogens (tertiary/aromatic N) is 1. The number of carbonyl (C=O) groups excluding carboxylic acids is 1. The monoisotopic (exact) mass is 339 g/mol. The zero-order chi connectivity index (χ0) is 18.0. The summed E-state index contributed by atoms with van der Waals surface area (Å²) in [7, 11) is 1.44. The van der Waals surface area contributed by atoms with Crippen LogP contribution >= 0.6 is 0 Å². The third kappa shape index (κ3) is 3.24. The molecule has 6 heteroatoms. The number of carbonyl (C=O) groups is 1. The number of methoxy groups -OCH3 is 1. The number of aliphatic imine (C=N–C) groups is 1. The molecule has 0 saturated carbocycles. The zero-order valence-corrected chi connectivity index (χ0v) is 13.8. The lowest BCUT2D eigenvalue weighted by Crippen LogP contribution is -2.24. The van der Waals surface area contributed by atoms with Crippen LogP contribution < -0.4 is 16.2 Å². The predicted molar refractivity (Wildman–Crippen MR) is 94.9 cm³/mol. The number of hydrogen-bond donors (Lipinski definition) is 2. The molecule has 0 saturated heterocycles. The van der Waals surface area contributed by atoms with Crippen molar-refractivity contribution in [3.8, 4) is 5.75 Å². The molecule has 2 aromatic carbocycles. The molecule has 2 aromatic rings. The fourth-order valence-corrected chi connectivity index (χ4v) is 3.03. The van der Waals surface area contributed by atoms with Crippen molar-refractivity contribution >= 4 is 17.4 Å². The van der Waals surface area contributed by atoms with Crippen molar-refractivity contribution in [2.45, 2.75) is 12.8 Å². The molecule has 4 N–H and O–H groups in total. The summed E-state index contributed by atoms with van der Waals surface area (Å²) in [6, 6.07) is 10.1. The molecule has 0 atom stereocenters. The Kier molecular flexibility index (Phi) is 4.52. The summed E-state index contributed by atoms with van der Waals surface area (Å²) in [6.07, 6.45) is 3.69. The molecule has 0 radical (unpaired) electrons. The van der Waals surface area contributed by atoms with E-state index < -0.39 is 11.7 Å². The molecule has 0 heterocycles. The first kappa shape index (κ1) is 16.7. The molecule has 0 unspecified atom stereocenters. The van der Waals surface area contributed by atoms with Gasteiger partial charge in [-0.1, -0.05) is 24.3 Å². The van der Waals surface area contributed by atoms with E-state index in [-0.39, 0.29) is 11.7 Å². The van der Waals surface area contributed by atoms with Crippen molar-refractivity contribution in [3.63, 3.8) is 0 Å². The van der Waals surface area contributed by atoms with E-state index in [0.717, 1.165) is 29.5 Å². The lowest BCUT2D eigenvalue weighted by Gasteiger charge is -2.20. The second-order valence-electron chi connectivity index (χ2n) is 5.69. The van der Waals surface area contributed by atoms with Crippen molar-refractivity contribution in [2.24, 2.45) is 16.5 Å². The molecule has 0 aromatic heterocycles. The lowest BCUT2D eigenvalue weighted by atomic mass is 9.85. The molecule has 0 bridgehead atoms. The van der Waals surface area contributed by atoms with Crippen LogP contribution in [0, 0.1) is 5.82 Å². The number of guanidine groups is 1. The van der Waals surface area contributed by atoms with E-state index in [9.17, 15) is 9.18 Å². The largest absolute Gasteiger partial charge is 0.493 e. The van der Waals surface area contributed by atoms with E-state index >= 15 is 0 Å². The average molecular weight is 339 g/mol. The molecule has 0 fully saturated rings. The molecule has 25 heavy (non-hydrogen) atoms. The fourth-order valence-electron chi connectivity index (χ4n) is 3.03. The third-order valence-corrected chi connectivity index (χ3v) is 4.10. The van der Waals surface area contributed by atoms with Gasteiger partial charge in [0.1, 0.15) is 0 Å². The number of ether oxygens (including phenoxy) is 1. The van der Waals surface area contributed by atoms with E-state index in [1.54, 1.807) is 24.3 Å². The van der Waals surface area contributed by atoms with E-state index in [1.165, 1.54) is 13.2 Å². The van der Waals surface area contributed by atoms with Crippen LogP contribution in [0.3, 0.4) is 0 Å². The number of para-hydroxylation sites is 1. The number of aryl methyl sites for hydroxylation is 1. The summed E-state index contributed by atoms with van der Waals surface area (Å²) in [5.74, 6) is -1.05. The van der Waals surface area contributed by atoms with Gasteiger partial charge in [-0.15, -0.1) is 0 Å². The van der Waals surface area contributed by atoms with Crippen molar-refractivity contribution in [1.82, 2.24) is 0 Å². The number of benzene rings is 2. The van der Waals surface area contributed by atoms with Gasteiger partial charge in [0, 0.05) is 11.1 Å². The number of nitrogens with two attached hydrogens (primary N) is 2. The fraction of sp³-hybridized carbons (Fsp3) is 0.158. The number of fused-ring (bicyclic) bond motifs is 1. The number of rotatable bonds is 3. The van der Waals surface area contributed by atoms with Crippen LogP contribution in [-0.2, 0) is 6.42 Å². The number of halogens is 1. The van der Waals surface area contributed by atoms with Crippen molar-refractivity contribution < 1.29 is 13.9 Å². The van der Waals surface area contributed by atoms with Crippen LogP contribution in [0.4, 0.5) is 4.39 Å². The summed E-state index contributed by atoms with van der Waals surface area (Å²) in [5.41, 5.74) is 14.3. The summed E-state index contributed by atoms with van der Waals surface area (Å²) in [4.78, 5) is 15.7. The van der Waals surface area contributed by atoms with Crippen LogP contribution in [0.15, 0.2) is 47.5 Å². The standard InChI is InChI=1S/C19H18FN3O2/c1-25-17-14(6-3-7-16(17)20)13-5-2-4-11-8-9-12(10-15(11)13)18(24)23-19(21)22/h3,5-10H,2,4H2,1H3,(H4,21,22,23,24). The minimum Gasteiger partial charge on any atom is -0.493 e. The molecule has 1 aliphatic carbocycles. The summed E-state index contributed by atoms with van der Waals surface area (Å²) >= 11 is 0. The Morgan fingerprint density at radius 1 is 1.20 bits per heavy atom. The molecule has 0 aliphatic heterocycles. The normalized spacial score (nSPS) is 12.8. The Morgan fingerprint density at radius 2 is 2.00 bits per heavy atom. The highest BCUT2D eigenvalue weighted by molar-refractivity contribution is 6.02. The summed E-state index contributed by atoms with van der Waals surface area (Å²) < 4.78 is 19.3. The van der Waals surface area contributed by atoms with E-state index in [1.807, 2.05) is 12.1 Å². The smallest absolute Gasteiger partial charge is 0.280 e. The van der Waals surface area contributed by atoms with Gasteiger partial charge in [-0.2, -0.15) is 4.99 Å². The molecule has 1 amide bonds. The van der Waals surface area contributed by atoms with Gasteiger partial charge in [-0.3, -0.25) is 4.79 Å². The van der Waals surface area contributed by atoms with E-state index in [0.29, 0.717) is 11.1 Å². The van der Waals surface area contributed by atoms with E-state index in [4.69, 9.17) is 16.2 Å². The minimum absolute atomic E-state index is 0.183. The van der Waals surface area contributed by atoms with Crippen LogP contribution in [0.5, 0.6) is 5.75 Å². The molecule has 0 spiro atoms. The van der Waals surface area contributed by atoms with E-state index in [2.05, 4.69) is 4.99 Å². The Morgan fingerprint density at radius 3 is 2.72 bits per heavy atom. The molecule has 128 valence electrons. The Labute approximate surface area is 144 Å². The van der Waals surface area contributed by atoms with Crippen molar-refractivity contribution in [3.05, 3.63) is 70.5 Å². The van der Waals surface area contributed by atoms with Gasteiger partial charge in [0.2, 0.25) is 0 Å². The molecule has 5 nitrogen and oxygen atoms in total. The maximum absolute atomic E-state index is 14.1. The maximum Gasteiger partial charge on any atom is 0.280 e. The van der Waals surface area contributed by atoms with Crippen LogP contribution in [0.1, 0.15) is 33.5 Å². The van der Waals surface area contributed by atoms with Gasteiger partial charge in [0.25, 0.3) is 5.91 Å². The summed E-state index contributed by atoms with van der Waals surface area (Å²) in [5, 5.41) is 0. The number of hydrogen-bond acceptors (Lipinski definition) is 2. The van der Waals surface area contributed by atoms with Crippen molar-refractivity contribution in [1.29, 1.82) is 0 Å². The highest BCUT2D eigenvalue weighted by atomic mass is 19.1. The Balaban J connectivity index is 2.12. The first-order chi connectivity index (χ1) is 12.0. The van der Waals surface area contributed by atoms with Gasteiger partial charge >= 0.3 is 0 Å². The van der Waals surface area contributed by atoms with Gasteiger partial charge < -0.3 is 16.2 Å². The SMILES string of the molecule is COc1c(F)cccc1C1=CCCc2ccc(C(=O)N=C(N)N)cc21. The highest BCUT2D eigenvalue weighted by Crippen LogP contribution is 2.37. The van der Waals surface area contributed by atoms with Gasteiger partial charge in [0.05, 0.1) is 7.11 Å². The predicted octanol–water partition coefficient (Wildman–Crippen LogP) is 2.63. The lowest BCUT2D eigenvalue weighted by molar-refractivity contribution is 0.100. The number of amides is 1. The molecule has 3 rings (SSSR count). The molecular weight excluding hydrogens is 321 g/mol. The number of allylic oxidation sites excluding steroid dienone is 1. The second-order valence-corrected chi connectivity index (χ2v) is 5.69. The van der Waals surface area contributed by atoms with Crippen molar-refractivity contribution in [2.75, 3.05) is 7.11 Å². The average Bonchev–Trinajstić information content (AvgIpc) is 2.60. The Bertz CT molecular complexity index is 900. The minimum atomic E-state index is -0.515. The van der Waals surface area contributed by atoms with Crippen LogP contribution in [0.25, 0.3) is 5.57 Å². The zero-order valence-electron chi connectivity index (χ0n) is 13.8. The highest BCUT2D eigenvalue weighted by Gasteiger charge is 2.20.